The van der Waals surface area contributed by atoms with Crippen molar-refractivity contribution in [1.29, 1.82) is 0 Å². The third-order valence-corrected chi connectivity index (χ3v) is 4.64. The summed E-state index contributed by atoms with van der Waals surface area (Å²) in [5.74, 6) is 1.64. The van der Waals surface area contributed by atoms with Gasteiger partial charge in [-0.2, -0.15) is 0 Å². The fourth-order valence-electron chi connectivity index (χ4n) is 2.44. The van der Waals surface area contributed by atoms with Crippen LogP contribution in [0.3, 0.4) is 0 Å². The number of methoxy groups -OCH3 is 2. The molecular weight excluding hydrogens is 336 g/mol. The van der Waals surface area contributed by atoms with Gasteiger partial charge in [0.1, 0.15) is 11.5 Å². The van der Waals surface area contributed by atoms with E-state index in [1.165, 1.54) is 11.8 Å². The highest BCUT2D eigenvalue weighted by molar-refractivity contribution is 7.99. The molecule has 2 aromatic carbocycles. The largest absolute Gasteiger partial charge is 0.497 e. The Bertz CT molecular complexity index is 876. The van der Waals surface area contributed by atoms with Crippen molar-refractivity contribution in [3.8, 4) is 17.2 Å². The Labute approximate surface area is 150 Å². The number of para-hydroxylation sites is 1. The summed E-state index contributed by atoms with van der Waals surface area (Å²) in [4.78, 5) is 16.9. The summed E-state index contributed by atoms with van der Waals surface area (Å²) in [6, 6.07) is 14.9. The highest BCUT2D eigenvalue weighted by atomic mass is 32.2. The van der Waals surface area contributed by atoms with E-state index in [1.54, 1.807) is 32.5 Å². The highest BCUT2D eigenvalue weighted by Gasteiger charge is 2.14. The van der Waals surface area contributed by atoms with E-state index in [4.69, 9.17) is 9.47 Å². The molecule has 5 nitrogen and oxygen atoms in total. The molecule has 3 aromatic rings. The number of imidazole rings is 1. The smallest absolute Gasteiger partial charge is 0.176 e. The van der Waals surface area contributed by atoms with Gasteiger partial charge in [0, 0.05) is 18.5 Å². The first-order valence-electron chi connectivity index (χ1n) is 7.69. The fraction of sp³-hybridized carbons (Fsp3) is 0.158. The molecule has 0 spiro atoms. The van der Waals surface area contributed by atoms with Crippen molar-refractivity contribution in [3.05, 3.63) is 66.5 Å². The summed E-state index contributed by atoms with van der Waals surface area (Å²) in [5.41, 5.74) is 1.51. The normalized spacial score (nSPS) is 10.5. The maximum Gasteiger partial charge on any atom is 0.176 e. The van der Waals surface area contributed by atoms with Gasteiger partial charge in [0.05, 0.1) is 31.2 Å². The quantitative estimate of drug-likeness (QED) is 0.476. The van der Waals surface area contributed by atoms with Crippen molar-refractivity contribution < 1.29 is 14.3 Å². The Morgan fingerprint density at radius 3 is 2.76 bits per heavy atom. The molecular formula is C19H18N2O3S. The van der Waals surface area contributed by atoms with Crippen LogP contribution in [0, 0.1) is 0 Å². The molecule has 0 aliphatic rings. The van der Waals surface area contributed by atoms with E-state index in [0.717, 1.165) is 16.6 Å². The van der Waals surface area contributed by atoms with Gasteiger partial charge >= 0.3 is 0 Å². The summed E-state index contributed by atoms with van der Waals surface area (Å²) in [6.45, 7) is 0. The topological polar surface area (TPSA) is 53.4 Å². The number of ether oxygens (including phenoxy) is 2. The molecule has 1 aromatic heterocycles. The van der Waals surface area contributed by atoms with Crippen molar-refractivity contribution in [1.82, 2.24) is 9.55 Å². The second-order valence-electron chi connectivity index (χ2n) is 5.19. The van der Waals surface area contributed by atoms with Gasteiger partial charge in [-0.3, -0.25) is 9.36 Å². The third-order valence-electron chi connectivity index (χ3n) is 3.68. The first kappa shape index (κ1) is 17.1. The van der Waals surface area contributed by atoms with Crippen molar-refractivity contribution >= 4 is 17.5 Å². The van der Waals surface area contributed by atoms with Gasteiger partial charge in [0.25, 0.3) is 0 Å². The van der Waals surface area contributed by atoms with E-state index in [2.05, 4.69) is 4.98 Å². The minimum atomic E-state index is 0.00245. The van der Waals surface area contributed by atoms with Crippen LogP contribution >= 0.6 is 11.8 Å². The van der Waals surface area contributed by atoms with Crippen LogP contribution < -0.4 is 9.47 Å². The van der Waals surface area contributed by atoms with Crippen LogP contribution in [0.4, 0.5) is 0 Å². The van der Waals surface area contributed by atoms with Gasteiger partial charge in [0.15, 0.2) is 10.9 Å². The number of carbonyl (C=O) groups excluding carboxylic acids is 1. The molecule has 25 heavy (non-hydrogen) atoms. The number of aromatic nitrogens is 2. The first-order chi connectivity index (χ1) is 12.2. The lowest BCUT2D eigenvalue weighted by atomic mass is 10.1. The number of hydrogen-bond acceptors (Lipinski definition) is 5. The average molecular weight is 354 g/mol. The Hall–Kier alpha value is -2.73. The zero-order valence-corrected chi connectivity index (χ0v) is 14.8. The van der Waals surface area contributed by atoms with Gasteiger partial charge in [0.2, 0.25) is 0 Å². The molecule has 0 N–H and O–H groups in total. The van der Waals surface area contributed by atoms with Gasteiger partial charge in [-0.25, -0.2) is 4.98 Å². The number of thioether (sulfide) groups is 1. The predicted molar refractivity (Wildman–Crippen MR) is 98.2 cm³/mol. The minimum Gasteiger partial charge on any atom is -0.497 e. The van der Waals surface area contributed by atoms with Crippen LogP contribution in [-0.2, 0) is 0 Å². The van der Waals surface area contributed by atoms with E-state index < -0.39 is 0 Å². The Balaban J connectivity index is 1.76. The van der Waals surface area contributed by atoms with Crippen molar-refractivity contribution in [2.75, 3.05) is 20.0 Å². The highest BCUT2D eigenvalue weighted by Crippen LogP contribution is 2.25. The zero-order valence-electron chi connectivity index (χ0n) is 14.0. The molecule has 1 heterocycles. The van der Waals surface area contributed by atoms with E-state index >= 15 is 0 Å². The number of benzene rings is 2. The van der Waals surface area contributed by atoms with Gasteiger partial charge in [-0.15, -0.1) is 0 Å². The van der Waals surface area contributed by atoms with Crippen LogP contribution in [0.5, 0.6) is 11.5 Å². The van der Waals surface area contributed by atoms with E-state index in [1.807, 2.05) is 47.2 Å². The third kappa shape index (κ3) is 3.85. The lowest BCUT2D eigenvalue weighted by Gasteiger charge is -2.10. The molecule has 0 aliphatic heterocycles. The minimum absolute atomic E-state index is 0.00245. The Kier molecular flexibility index (Phi) is 5.40. The van der Waals surface area contributed by atoms with Gasteiger partial charge in [-0.1, -0.05) is 30.0 Å². The van der Waals surface area contributed by atoms with Crippen molar-refractivity contribution in [2.45, 2.75) is 5.16 Å². The molecule has 128 valence electrons. The lowest BCUT2D eigenvalue weighted by Crippen LogP contribution is -2.06. The molecule has 6 heteroatoms. The second kappa shape index (κ2) is 7.90. The lowest BCUT2D eigenvalue weighted by molar-refractivity contribution is 0.101. The summed E-state index contributed by atoms with van der Waals surface area (Å²) < 4.78 is 12.5. The van der Waals surface area contributed by atoms with E-state index in [0.29, 0.717) is 11.3 Å². The maximum atomic E-state index is 12.5. The average Bonchev–Trinajstić information content (AvgIpc) is 3.14. The standard InChI is InChI=1S/C19H18N2O3S/c1-23-15-7-5-6-14(12-15)21-11-10-20-19(21)25-13-17(22)16-8-3-4-9-18(16)24-2/h3-12H,13H2,1-2H3. The Morgan fingerprint density at radius 2 is 1.96 bits per heavy atom. The van der Waals surface area contributed by atoms with Crippen LogP contribution in [0.15, 0.2) is 66.1 Å². The number of Topliss-reactive ketones (excluding diaryl/α,β-unsaturated/α-hetero) is 1. The monoisotopic (exact) mass is 354 g/mol. The second-order valence-corrected chi connectivity index (χ2v) is 6.14. The van der Waals surface area contributed by atoms with Crippen molar-refractivity contribution in [3.63, 3.8) is 0 Å². The zero-order chi connectivity index (χ0) is 17.6. The molecule has 0 fully saturated rings. The molecule has 0 radical (unpaired) electrons. The predicted octanol–water partition coefficient (Wildman–Crippen LogP) is 3.86. The molecule has 0 aliphatic carbocycles. The van der Waals surface area contributed by atoms with Crippen molar-refractivity contribution in [2.24, 2.45) is 0 Å². The SMILES string of the molecule is COc1cccc(-n2ccnc2SCC(=O)c2ccccc2OC)c1. The molecule has 3 rings (SSSR count). The molecule has 0 amide bonds. The number of hydrogen-bond donors (Lipinski definition) is 0. The van der Waals surface area contributed by atoms with E-state index in [9.17, 15) is 4.79 Å². The number of rotatable bonds is 7. The summed E-state index contributed by atoms with van der Waals surface area (Å²) in [5, 5.41) is 0.747. The van der Waals surface area contributed by atoms with Crippen LogP contribution in [-0.4, -0.2) is 35.3 Å². The molecule has 0 bridgehead atoms. The van der Waals surface area contributed by atoms with Gasteiger partial charge in [-0.05, 0) is 24.3 Å². The fourth-order valence-corrected chi connectivity index (χ4v) is 3.29. The number of nitrogens with zero attached hydrogens (tertiary/aromatic N) is 2. The summed E-state index contributed by atoms with van der Waals surface area (Å²) in [7, 11) is 3.20. The number of carbonyl (C=O) groups is 1. The first-order valence-corrected chi connectivity index (χ1v) is 8.68. The molecule has 0 atom stereocenters. The maximum absolute atomic E-state index is 12.5. The number of ketones is 1. The Morgan fingerprint density at radius 1 is 1.12 bits per heavy atom. The summed E-state index contributed by atoms with van der Waals surface area (Å²) in [6.07, 6.45) is 3.58. The van der Waals surface area contributed by atoms with Crippen LogP contribution in [0.25, 0.3) is 5.69 Å². The molecule has 0 unspecified atom stereocenters. The summed E-state index contributed by atoms with van der Waals surface area (Å²) >= 11 is 1.39. The van der Waals surface area contributed by atoms with Crippen LogP contribution in [0.2, 0.25) is 0 Å². The van der Waals surface area contributed by atoms with E-state index in [-0.39, 0.29) is 11.5 Å². The van der Waals surface area contributed by atoms with Gasteiger partial charge < -0.3 is 9.47 Å². The molecule has 0 saturated carbocycles. The molecule has 0 saturated heterocycles. The van der Waals surface area contributed by atoms with Crippen LogP contribution in [0.1, 0.15) is 10.4 Å².